The molecule has 0 bridgehead atoms. The molecule has 120 valence electrons. The minimum absolute atomic E-state index is 0.000897. The molecule has 2 aromatic rings. The fourth-order valence-electron chi connectivity index (χ4n) is 1.87. The Morgan fingerprint density at radius 1 is 1.09 bits per heavy atom. The second-order valence-corrected chi connectivity index (χ2v) is 4.70. The van der Waals surface area contributed by atoms with Crippen LogP contribution in [0.3, 0.4) is 0 Å². The van der Waals surface area contributed by atoms with E-state index in [-0.39, 0.29) is 18.3 Å². The highest BCUT2D eigenvalue weighted by Crippen LogP contribution is 2.12. The predicted octanol–water partition coefficient (Wildman–Crippen LogP) is 2.47. The predicted molar refractivity (Wildman–Crippen MR) is 85.3 cm³/mol. The molecule has 0 aliphatic heterocycles. The van der Waals surface area contributed by atoms with Gasteiger partial charge in [-0.05, 0) is 17.7 Å². The van der Waals surface area contributed by atoms with Gasteiger partial charge in [0, 0.05) is 18.7 Å². The number of benzene rings is 2. The maximum atomic E-state index is 11.6. The third-order valence-electron chi connectivity index (χ3n) is 2.97. The van der Waals surface area contributed by atoms with Gasteiger partial charge in [-0.25, -0.2) is 4.79 Å². The first-order valence-corrected chi connectivity index (χ1v) is 7.08. The Bertz CT molecular complexity index is 661. The number of carbonyl (C=O) groups is 1. The zero-order valence-corrected chi connectivity index (χ0v) is 12.4. The van der Waals surface area contributed by atoms with Crippen molar-refractivity contribution in [1.29, 1.82) is 0 Å². The SMILES string of the molecule is O=C(NCCOc1ccccc1)NCc1cccc([N+](=O)[O-])c1. The van der Waals surface area contributed by atoms with Crippen LogP contribution < -0.4 is 15.4 Å². The van der Waals surface area contributed by atoms with Crippen molar-refractivity contribution < 1.29 is 14.5 Å². The average Bonchev–Trinajstić information content (AvgIpc) is 2.58. The fourth-order valence-corrected chi connectivity index (χ4v) is 1.87. The number of nitro groups is 1. The van der Waals surface area contributed by atoms with Crippen molar-refractivity contribution in [1.82, 2.24) is 10.6 Å². The molecule has 0 fully saturated rings. The zero-order valence-electron chi connectivity index (χ0n) is 12.4. The fraction of sp³-hybridized carbons (Fsp3) is 0.188. The number of para-hydroxylation sites is 1. The molecule has 23 heavy (non-hydrogen) atoms. The number of ether oxygens (including phenoxy) is 1. The topological polar surface area (TPSA) is 93.5 Å². The summed E-state index contributed by atoms with van der Waals surface area (Å²) < 4.78 is 5.44. The van der Waals surface area contributed by atoms with Gasteiger partial charge in [-0.2, -0.15) is 0 Å². The van der Waals surface area contributed by atoms with Crippen LogP contribution in [-0.4, -0.2) is 24.1 Å². The van der Waals surface area contributed by atoms with Crippen molar-refractivity contribution in [3.63, 3.8) is 0 Å². The monoisotopic (exact) mass is 315 g/mol. The first kappa shape index (κ1) is 16.3. The molecule has 7 nitrogen and oxygen atoms in total. The van der Waals surface area contributed by atoms with Crippen LogP contribution in [-0.2, 0) is 6.54 Å². The molecular weight excluding hydrogens is 298 g/mol. The molecule has 7 heteroatoms. The molecule has 0 aromatic heterocycles. The normalized spacial score (nSPS) is 9.91. The second-order valence-electron chi connectivity index (χ2n) is 4.70. The molecule has 2 N–H and O–H groups in total. The van der Waals surface area contributed by atoms with E-state index in [1.807, 2.05) is 30.3 Å². The number of rotatable bonds is 7. The smallest absolute Gasteiger partial charge is 0.315 e. The Balaban J connectivity index is 1.67. The van der Waals surface area contributed by atoms with Crippen LogP contribution >= 0.6 is 0 Å². The van der Waals surface area contributed by atoms with Crippen molar-refractivity contribution in [2.75, 3.05) is 13.2 Å². The van der Waals surface area contributed by atoms with Crippen molar-refractivity contribution >= 4 is 11.7 Å². The van der Waals surface area contributed by atoms with Gasteiger partial charge < -0.3 is 15.4 Å². The lowest BCUT2D eigenvalue weighted by atomic mass is 10.2. The first-order chi connectivity index (χ1) is 11.1. The van der Waals surface area contributed by atoms with Crippen LogP contribution in [0.25, 0.3) is 0 Å². The summed E-state index contributed by atoms with van der Waals surface area (Å²) >= 11 is 0. The summed E-state index contributed by atoms with van der Waals surface area (Å²) in [5.74, 6) is 0.742. The third-order valence-corrected chi connectivity index (χ3v) is 2.97. The average molecular weight is 315 g/mol. The number of non-ortho nitro benzene ring substituents is 1. The Kier molecular flexibility index (Phi) is 5.93. The summed E-state index contributed by atoms with van der Waals surface area (Å²) in [6, 6.07) is 15.1. The molecule has 2 aromatic carbocycles. The number of hydrogen-bond acceptors (Lipinski definition) is 4. The number of nitrogens with one attached hydrogen (secondary N) is 2. The van der Waals surface area contributed by atoms with Gasteiger partial charge in [-0.3, -0.25) is 10.1 Å². The second kappa shape index (κ2) is 8.38. The molecule has 0 radical (unpaired) electrons. The summed E-state index contributed by atoms with van der Waals surface area (Å²) in [6.07, 6.45) is 0. The van der Waals surface area contributed by atoms with Gasteiger partial charge in [0.2, 0.25) is 0 Å². The zero-order chi connectivity index (χ0) is 16.5. The van der Waals surface area contributed by atoms with E-state index in [0.29, 0.717) is 18.7 Å². The highest BCUT2D eigenvalue weighted by molar-refractivity contribution is 5.73. The van der Waals surface area contributed by atoms with Gasteiger partial charge in [0.1, 0.15) is 12.4 Å². The van der Waals surface area contributed by atoms with Gasteiger partial charge in [0.25, 0.3) is 5.69 Å². The minimum atomic E-state index is -0.468. The summed E-state index contributed by atoms with van der Waals surface area (Å²) in [6.45, 7) is 0.928. The lowest BCUT2D eigenvalue weighted by Gasteiger charge is -2.09. The van der Waals surface area contributed by atoms with E-state index in [2.05, 4.69) is 10.6 Å². The van der Waals surface area contributed by atoms with Crippen molar-refractivity contribution in [2.45, 2.75) is 6.54 Å². The van der Waals surface area contributed by atoms with Crippen LogP contribution in [0.2, 0.25) is 0 Å². The number of nitro benzene ring substituents is 1. The molecule has 0 spiro atoms. The number of hydrogen-bond donors (Lipinski definition) is 2. The molecular formula is C16H17N3O4. The van der Waals surface area contributed by atoms with E-state index in [1.54, 1.807) is 12.1 Å². The number of urea groups is 1. The van der Waals surface area contributed by atoms with E-state index in [9.17, 15) is 14.9 Å². The summed E-state index contributed by atoms with van der Waals surface area (Å²) in [7, 11) is 0. The Hall–Kier alpha value is -3.09. The minimum Gasteiger partial charge on any atom is -0.492 e. The molecule has 0 aliphatic rings. The highest BCUT2D eigenvalue weighted by atomic mass is 16.6. The number of amides is 2. The Morgan fingerprint density at radius 2 is 1.87 bits per heavy atom. The molecule has 0 saturated heterocycles. The van der Waals surface area contributed by atoms with Crippen LogP contribution in [0.1, 0.15) is 5.56 Å². The van der Waals surface area contributed by atoms with Crippen LogP contribution in [0, 0.1) is 10.1 Å². The molecule has 0 unspecified atom stereocenters. The number of carbonyl (C=O) groups excluding carboxylic acids is 1. The largest absolute Gasteiger partial charge is 0.492 e. The molecule has 0 aliphatic carbocycles. The van der Waals surface area contributed by atoms with Crippen LogP contribution in [0.15, 0.2) is 54.6 Å². The van der Waals surface area contributed by atoms with E-state index in [0.717, 1.165) is 5.75 Å². The highest BCUT2D eigenvalue weighted by Gasteiger charge is 2.06. The van der Waals surface area contributed by atoms with E-state index >= 15 is 0 Å². The molecule has 0 saturated carbocycles. The molecule has 0 atom stereocenters. The lowest BCUT2D eigenvalue weighted by Crippen LogP contribution is -2.37. The van der Waals surface area contributed by atoms with Gasteiger partial charge >= 0.3 is 6.03 Å². The van der Waals surface area contributed by atoms with Gasteiger partial charge in [-0.15, -0.1) is 0 Å². The Labute approximate surface area is 133 Å². The maximum absolute atomic E-state index is 11.6. The third kappa shape index (κ3) is 5.66. The molecule has 2 rings (SSSR count). The summed E-state index contributed by atoms with van der Waals surface area (Å²) in [5.41, 5.74) is 0.663. The lowest BCUT2D eigenvalue weighted by molar-refractivity contribution is -0.384. The van der Waals surface area contributed by atoms with Crippen molar-refractivity contribution in [2.24, 2.45) is 0 Å². The van der Waals surface area contributed by atoms with Crippen LogP contribution in [0.5, 0.6) is 5.75 Å². The van der Waals surface area contributed by atoms with E-state index in [4.69, 9.17) is 4.74 Å². The summed E-state index contributed by atoms with van der Waals surface area (Å²) in [4.78, 5) is 21.8. The van der Waals surface area contributed by atoms with E-state index in [1.165, 1.54) is 12.1 Å². The summed E-state index contributed by atoms with van der Waals surface area (Å²) in [5, 5.41) is 16.0. The van der Waals surface area contributed by atoms with E-state index < -0.39 is 4.92 Å². The van der Waals surface area contributed by atoms with Crippen molar-refractivity contribution in [3.05, 3.63) is 70.3 Å². The standard InChI is InChI=1S/C16H17N3O4/c20-16(17-9-10-23-15-7-2-1-3-8-15)18-12-13-5-4-6-14(11-13)19(21)22/h1-8,11H,9-10,12H2,(H2,17,18,20). The quantitative estimate of drug-likeness (QED) is 0.466. The first-order valence-electron chi connectivity index (χ1n) is 7.08. The number of nitrogens with zero attached hydrogens (tertiary/aromatic N) is 1. The van der Waals surface area contributed by atoms with Gasteiger partial charge in [-0.1, -0.05) is 30.3 Å². The van der Waals surface area contributed by atoms with Gasteiger partial charge in [0.15, 0.2) is 0 Å². The maximum Gasteiger partial charge on any atom is 0.315 e. The van der Waals surface area contributed by atoms with Crippen LogP contribution in [0.4, 0.5) is 10.5 Å². The molecule has 2 amide bonds. The Morgan fingerprint density at radius 3 is 2.61 bits per heavy atom. The molecule has 0 heterocycles. The van der Waals surface area contributed by atoms with Crippen molar-refractivity contribution in [3.8, 4) is 5.75 Å². The van der Waals surface area contributed by atoms with Gasteiger partial charge in [0.05, 0.1) is 11.5 Å².